The van der Waals surface area contributed by atoms with Crippen LogP contribution in [-0.2, 0) is 15.4 Å². The third-order valence-electron chi connectivity index (χ3n) is 6.25. The van der Waals surface area contributed by atoms with Crippen LogP contribution in [0.5, 0.6) is 0 Å². The molecule has 0 unspecified atom stereocenters. The number of pyridine rings is 1. The van der Waals surface area contributed by atoms with Gasteiger partial charge in [0.05, 0.1) is 11.2 Å². The minimum absolute atomic E-state index is 0.0208. The molecule has 2 aliphatic heterocycles. The van der Waals surface area contributed by atoms with Gasteiger partial charge in [-0.1, -0.05) is 18.2 Å². The lowest BCUT2D eigenvalue weighted by Gasteiger charge is -2.19. The van der Waals surface area contributed by atoms with Gasteiger partial charge in [-0.3, -0.25) is 14.6 Å². The quantitative estimate of drug-likeness (QED) is 0.298. The highest BCUT2D eigenvalue weighted by molar-refractivity contribution is 8.21. The number of amides is 2. The van der Waals surface area contributed by atoms with Crippen molar-refractivity contribution in [3.05, 3.63) is 81.7 Å². The van der Waals surface area contributed by atoms with E-state index in [2.05, 4.69) is 27.0 Å². The summed E-state index contributed by atoms with van der Waals surface area (Å²) < 4.78 is -0.602. The maximum Gasteiger partial charge on any atom is 0.267 e. The van der Waals surface area contributed by atoms with Crippen molar-refractivity contribution in [2.75, 3.05) is 27.5 Å². The first-order chi connectivity index (χ1) is 17.0. The average molecular weight is 519 g/mol. The molecule has 9 heteroatoms. The summed E-state index contributed by atoms with van der Waals surface area (Å²) in [5.41, 5.74) is 6.40. The molecule has 3 N–H and O–H groups in total. The van der Waals surface area contributed by atoms with E-state index in [-0.39, 0.29) is 11.8 Å². The average Bonchev–Trinajstić information content (AvgIpc) is 3.57. The molecule has 35 heavy (non-hydrogen) atoms. The number of para-hydroxylation sites is 1. The molecule has 2 amide bonds. The number of aryl methyl sites for hydroxylation is 1. The Kier molecular flexibility index (Phi) is 5.70. The number of nitrogens with one attached hydrogen (secondary N) is 3. The molecule has 0 saturated carbocycles. The second-order valence-electron chi connectivity index (χ2n) is 8.45. The smallest absolute Gasteiger partial charge is 0.267 e. The van der Waals surface area contributed by atoms with Crippen molar-refractivity contribution < 1.29 is 9.59 Å². The zero-order valence-electron chi connectivity index (χ0n) is 18.9. The molecule has 6 rings (SSSR count). The van der Waals surface area contributed by atoms with E-state index < -0.39 is 4.08 Å². The van der Waals surface area contributed by atoms with Crippen LogP contribution in [0.2, 0.25) is 0 Å². The lowest BCUT2D eigenvalue weighted by Crippen LogP contribution is -2.24. The van der Waals surface area contributed by atoms with Gasteiger partial charge in [-0.15, -0.1) is 34.9 Å². The number of carbonyl (C=O) groups excluding carboxylic acids is 2. The van der Waals surface area contributed by atoms with Crippen LogP contribution in [-0.4, -0.2) is 28.3 Å². The number of nitrogens with zero attached hydrogens (tertiary/aromatic N) is 1. The minimum atomic E-state index is -0.602. The Balaban J connectivity index is 1.23. The molecule has 1 saturated heterocycles. The summed E-state index contributed by atoms with van der Waals surface area (Å²) in [4.78, 5) is 31.1. The van der Waals surface area contributed by atoms with Gasteiger partial charge in [-0.25, -0.2) is 0 Å². The highest BCUT2D eigenvalue weighted by Crippen LogP contribution is 2.57. The van der Waals surface area contributed by atoms with Crippen LogP contribution in [0.3, 0.4) is 0 Å². The molecule has 4 aromatic rings. The first-order valence-electron chi connectivity index (χ1n) is 11.2. The molecular weight excluding hydrogens is 497 g/mol. The van der Waals surface area contributed by atoms with Crippen molar-refractivity contribution in [1.29, 1.82) is 0 Å². The standard InChI is InChI=1S/C26H22N4O2S3/c1-15-14-33-23(22(15)28-13-16-8-9-27-20-5-3-2-4-18(16)20)24(31)29-17-6-7-21-19(12-17)26(25(32)30-21)34-10-11-35-26/h2-9,12,14,28H,10-11,13H2,1H3,(H,29,31)(H,30,32). The highest BCUT2D eigenvalue weighted by Gasteiger charge is 2.50. The molecule has 2 aliphatic rings. The van der Waals surface area contributed by atoms with Gasteiger partial charge in [0.2, 0.25) is 0 Å². The Labute approximate surface area is 215 Å². The van der Waals surface area contributed by atoms with Crippen LogP contribution in [0.1, 0.15) is 26.4 Å². The number of hydrogen-bond donors (Lipinski definition) is 3. The topological polar surface area (TPSA) is 83.1 Å². The van der Waals surface area contributed by atoms with E-state index >= 15 is 0 Å². The van der Waals surface area contributed by atoms with Gasteiger partial charge in [0, 0.05) is 46.6 Å². The largest absolute Gasteiger partial charge is 0.379 e. The van der Waals surface area contributed by atoms with Crippen molar-refractivity contribution in [2.24, 2.45) is 0 Å². The second kappa shape index (κ2) is 8.89. The molecule has 2 aromatic heterocycles. The van der Waals surface area contributed by atoms with E-state index in [0.29, 0.717) is 17.1 Å². The Morgan fingerprint density at radius 3 is 2.83 bits per heavy atom. The number of thioether (sulfide) groups is 2. The Bertz CT molecular complexity index is 1470. The maximum absolute atomic E-state index is 13.3. The van der Waals surface area contributed by atoms with Crippen molar-refractivity contribution in [2.45, 2.75) is 17.5 Å². The Morgan fingerprint density at radius 1 is 1.14 bits per heavy atom. The van der Waals surface area contributed by atoms with Gasteiger partial charge in [-0.05, 0) is 53.8 Å². The van der Waals surface area contributed by atoms with E-state index in [1.807, 2.05) is 61.0 Å². The lowest BCUT2D eigenvalue weighted by atomic mass is 10.1. The van der Waals surface area contributed by atoms with Crippen molar-refractivity contribution in [3.63, 3.8) is 0 Å². The van der Waals surface area contributed by atoms with Gasteiger partial charge in [0.15, 0.2) is 4.08 Å². The first kappa shape index (κ1) is 22.5. The fraction of sp³-hybridized carbons (Fsp3) is 0.192. The van der Waals surface area contributed by atoms with E-state index in [9.17, 15) is 9.59 Å². The number of fused-ring (bicyclic) bond motifs is 3. The number of carbonyl (C=O) groups is 2. The van der Waals surface area contributed by atoms with Crippen LogP contribution >= 0.6 is 34.9 Å². The summed E-state index contributed by atoms with van der Waals surface area (Å²) in [5.74, 6) is 1.73. The molecule has 0 bridgehead atoms. The second-order valence-corrected chi connectivity index (χ2v) is 12.2. The monoisotopic (exact) mass is 518 g/mol. The van der Waals surface area contributed by atoms with Gasteiger partial charge in [0.25, 0.3) is 11.8 Å². The van der Waals surface area contributed by atoms with Crippen molar-refractivity contribution in [1.82, 2.24) is 4.98 Å². The van der Waals surface area contributed by atoms with E-state index in [1.165, 1.54) is 11.3 Å². The predicted octanol–water partition coefficient (Wildman–Crippen LogP) is 6.05. The number of hydrogen-bond acceptors (Lipinski definition) is 7. The van der Waals surface area contributed by atoms with Crippen molar-refractivity contribution in [3.8, 4) is 0 Å². The number of benzene rings is 2. The summed E-state index contributed by atoms with van der Waals surface area (Å²) in [7, 11) is 0. The van der Waals surface area contributed by atoms with Crippen LogP contribution < -0.4 is 16.0 Å². The normalized spacial score (nSPS) is 15.9. The summed E-state index contributed by atoms with van der Waals surface area (Å²) in [5, 5.41) is 12.6. The zero-order chi connectivity index (χ0) is 24.0. The molecule has 0 aliphatic carbocycles. The molecule has 2 aromatic carbocycles. The summed E-state index contributed by atoms with van der Waals surface area (Å²) in [6.07, 6.45) is 1.81. The summed E-state index contributed by atoms with van der Waals surface area (Å²) in [6.45, 7) is 2.59. The van der Waals surface area contributed by atoms with Gasteiger partial charge < -0.3 is 16.0 Å². The fourth-order valence-electron chi connectivity index (χ4n) is 4.54. The summed E-state index contributed by atoms with van der Waals surface area (Å²) >= 11 is 4.75. The fourth-order valence-corrected chi connectivity index (χ4v) is 8.55. The van der Waals surface area contributed by atoms with Crippen molar-refractivity contribution >= 4 is 74.6 Å². The molecular formula is C26H22N4O2S3. The molecule has 0 atom stereocenters. The number of thiophene rings is 1. The molecule has 1 spiro atoms. The lowest BCUT2D eigenvalue weighted by molar-refractivity contribution is -0.116. The maximum atomic E-state index is 13.3. The third-order valence-corrected chi connectivity index (χ3v) is 10.8. The molecule has 176 valence electrons. The van der Waals surface area contributed by atoms with Gasteiger partial charge >= 0.3 is 0 Å². The van der Waals surface area contributed by atoms with E-state index in [4.69, 9.17) is 0 Å². The summed E-state index contributed by atoms with van der Waals surface area (Å²) in [6, 6.07) is 15.7. The number of rotatable bonds is 5. The van der Waals surface area contributed by atoms with Crippen LogP contribution in [0.15, 0.2) is 60.1 Å². The SMILES string of the molecule is Cc1csc(C(=O)Nc2ccc3c(c2)C2(SCCS2)C(=O)N3)c1NCc1ccnc2ccccc12. The predicted molar refractivity (Wildman–Crippen MR) is 148 cm³/mol. The molecule has 6 nitrogen and oxygen atoms in total. The Morgan fingerprint density at radius 2 is 1.97 bits per heavy atom. The highest BCUT2D eigenvalue weighted by atomic mass is 32.2. The van der Waals surface area contributed by atoms with E-state index in [0.717, 1.165) is 50.5 Å². The third kappa shape index (κ3) is 3.87. The van der Waals surface area contributed by atoms with Crippen LogP contribution in [0.4, 0.5) is 17.1 Å². The number of anilines is 3. The zero-order valence-corrected chi connectivity index (χ0v) is 21.3. The number of aromatic nitrogens is 1. The Hall–Kier alpha value is -3.01. The minimum Gasteiger partial charge on any atom is -0.379 e. The van der Waals surface area contributed by atoms with E-state index in [1.54, 1.807) is 23.5 Å². The van der Waals surface area contributed by atoms with Gasteiger partial charge in [-0.2, -0.15) is 0 Å². The van der Waals surface area contributed by atoms with Crippen LogP contribution in [0, 0.1) is 6.92 Å². The van der Waals surface area contributed by atoms with Crippen LogP contribution in [0.25, 0.3) is 10.9 Å². The van der Waals surface area contributed by atoms with Gasteiger partial charge in [0.1, 0.15) is 4.88 Å². The molecule has 0 radical (unpaired) electrons. The first-order valence-corrected chi connectivity index (χ1v) is 14.1. The molecule has 1 fully saturated rings. The molecule has 4 heterocycles.